The molecule has 0 aliphatic carbocycles. The lowest BCUT2D eigenvalue weighted by molar-refractivity contribution is -0.117. The fraction of sp³-hybridized carbons (Fsp3) is 0.200. The van der Waals surface area contributed by atoms with Gasteiger partial charge >= 0.3 is 0 Å². The van der Waals surface area contributed by atoms with Crippen molar-refractivity contribution < 1.29 is 14.0 Å². The number of nitrogens with zero attached hydrogens (tertiary/aromatic N) is 2. The molecule has 2 amide bonds. The minimum atomic E-state index is -0.457. The van der Waals surface area contributed by atoms with Gasteiger partial charge in [0.05, 0.1) is 11.7 Å². The van der Waals surface area contributed by atoms with Crippen LogP contribution in [0.3, 0.4) is 0 Å². The molecule has 0 unspecified atom stereocenters. The number of fused-ring (bicyclic) bond motifs is 1. The van der Waals surface area contributed by atoms with Crippen LogP contribution in [0.4, 0.5) is 15.8 Å². The van der Waals surface area contributed by atoms with Gasteiger partial charge in [-0.1, -0.05) is 48.5 Å². The van der Waals surface area contributed by atoms with E-state index in [2.05, 4.69) is 0 Å². The van der Waals surface area contributed by atoms with Gasteiger partial charge in [-0.15, -0.1) is 0 Å². The van der Waals surface area contributed by atoms with Gasteiger partial charge in [-0.2, -0.15) is 0 Å². The van der Waals surface area contributed by atoms with Crippen molar-refractivity contribution in [2.75, 3.05) is 9.80 Å². The van der Waals surface area contributed by atoms with Crippen molar-refractivity contribution in [2.45, 2.75) is 32.4 Å². The average molecular weight is 402 g/mol. The van der Waals surface area contributed by atoms with Crippen molar-refractivity contribution in [3.63, 3.8) is 0 Å². The number of carbonyl (C=O) groups excluding carboxylic acids is 2. The lowest BCUT2D eigenvalue weighted by Gasteiger charge is -2.43. The van der Waals surface area contributed by atoms with Gasteiger partial charge in [-0.05, 0) is 49.2 Å². The summed E-state index contributed by atoms with van der Waals surface area (Å²) in [6, 6.07) is 22.2. The molecule has 0 radical (unpaired) electrons. The molecule has 4 rings (SSSR count). The minimum Gasteiger partial charge on any atom is -0.309 e. The normalized spacial score (nSPS) is 17.9. The Kier molecular flexibility index (Phi) is 5.36. The summed E-state index contributed by atoms with van der Waals surface area (Å²) in [5, 5.41) is 0. The molecular formula is C25H23FN2O2. The van der Waals surface area contributed by atoms with Crippen molar-refractivity contribution in [3.8, 4) is 0 Å². The van der Waals surface area contributed by atoms with Crippen LogP contribution in [0.25, 0.3) is 0 Å². The Morgan fingerprint density at radius 1 is 0.933 bits per heavy atom. The minimum absolute atomic E-state index is 0.0553. The van der Waals surface area contributed by atoms with Crippen molar-refractivity contribution in [1.82, 2.24) is 0 Å². The molecule has 1 heterocycles. The molecule has 5 heteroatoms. The van der Waals surface area contributed by atoms with Crippen LogP contribution >= 0.6 is 0 Å². The summed E-state index contributed by atoms with van der Waals surface area (Å²) in [6.07, 6.45) is 0.503. The Balaban J connectivity index is 1.89. The number of anilines is 2. The quantitative estimate of drug-likeness (QED) is 0.592. The molecule has 0 aromatic heterocycles. The molecular weight excluding hydrogens is 379 g/mol. The Bertz CT molecular complexity index is 1080. The van der Waals surface area contributed by atoms with Crippen molar-refractivity contribution >= 4 is 23.2 Å². The van der Waals surface area contributed by atoms with E-state index in [0.717, 1.165) is 11.3 Å². The molecule has 152 valence electrons. The second-order valence-corrected chi connectivity index (χ2v) is 7.54. The van der Waals surface area contributed by atoms with Crippen molar-refractivity contribution in [3.05, 3.63) is 95.8 Å². The zero-order valence-corrected chi connectivity index (χ0v) is 17.0. The fourth-order valence-electron chi connectivity index (χ4n) is 4.29. The first-order chi connectivity index (χ1) is 14.5. The van der Waals surface area contributed by atoms with Crippen molar-refractivity contribution in [1.29, 1.82) is 0 Å². The van der Waals surface area contributed by atoms with Gasteiger partial charge in [0.25, 0.3) is 5.91 Å². The molecule has 30 heavy (non-hydrogen) atoms. The van der Waals surface area contributed by atoms with Crippen LogP contribution in [-0.4, -0.2) is 17.9 Å². The Labute approximate surface area is 175 Å². The second kappa shape index (κ2) is 8.11. The van der Waals surface area contributed by atoms with Gasteiger partial charge in [0.1, 0.15) is 5.82 Å². The van der Waals surface area contributed by atoms with E-state index in [-0.39, 0.29) is 23.5 Å². The predicted octanol–water partition coefficient (Wildman–Crippen LogP) is 5.36. The standard InChI is InChI=1S/C25H23FN2O2/c1-17-16-24(20-12-6-8-14-22(20)27(17)18(2)29)28(23-15-9-7-13-21(23)26)25(30)19-10-4-3-5-11-19/h3-15,17,24H,16H2,1-2H3/t17-,24+/m1/s1. The van der Waals surface area contributed by atoms with Gasteiger partial charge in [0.2, 0.25) is 5.91 Å². The summed E-state index contributed by atoms with van der Waals surface area (Å²) in [4.78, 5) is 29.2. The van der Waals surface area contributed by atoms with E-state index in [1.807, 2.05) is 37.3 Å². The highest BCUT2D eigenvalue weighted by molar-refractivity contribution is 6.07. The fourth-order valence-corrected chi connectivity index (χ4v) is 4.29. The molecule has 0 spiro atoms. The molecule has 0 saturated carbocycles. The zero-order chi connectivity index (χ0) is 21.3. The van der Waals surface area contributed by atoms with E-state index in [0.29, 0.717) is 12.0 Å². The number of rotatable bonds is 3. The number of hydrogen-bond donors (Lipinski definition) is 0. The molecule has 2 atom stereocenters. The number of para-hydroxylation sites is 2. The third-order valence-electron chi connectivity index (χ3n) is 5.56. The first-order valence-corrected chi connectivity index (χ1v) is 10.0. The third-order valence-corrected chi connectivity index (χ3v) is 5.56. The number of amides is 2. The summed E-state index contributed by atoms with van der Waals surface area (Å²) < 4.78 is 14.9. The van der Waals surface area contributed by atoms with Crippen LogP contribution in [0.5, 0.6) is 0 Å². The molecule has 0 saturated heterocycles. The second-order valence-electron chi connectivity index (χ2n) is 7.54. The van der Waals surface area contributed by atoms with Crippen LogP contribution < -0.4 is 9.80 Å². The van der Waals surface area contributed by atoms with Gasteiger partial charge in [-0.3, -0.25) is 14.5 Å². The Hall–Kier alpha value is -3.47. The third kappa shape index (κ3) is 3.47. The van der Waals surface area contributed by atoms with Gasteiger partial charge in [0, 0.05) is 24.2 Å². The Morgan fingerprint density at radius 2 is 1.57 bits per heavy atom. The number of halogens is 1. The first-order valence-electron chi connectivity index (χ1n) is 10.0. The number of benzene rings is 3. The lowest BCUT2D eigenvalue weighted by atomic mass is 9.89. The van der Waals surface area contributed by atoms with E-state index in [4.69, 9.17) is 0 Å². The molecule has 0 N–H and O–H groups in total. The number of hydrogen-bond acceptors (Lipinski definition) is 2. The van der Waals surface area contributed by atoms with E-state index in [1.165, 1.54) is 17.9 Å². The van der Waals surface area contributed by atoms with Gasteiger partial charge in [-0.25, -0.2) is 4.39 Å². The van der Waals surface area contributed by atoms with Crippen LogP contribution in [-0.2, 0) is 4.79 Å². The molecule has 1 aliphatic heterocycles. The summed E-state index contributed by atoms with van der Waals surface area (Å²) >= 11 is 0. The largest absolute Gasteiger partial charge is 0.309 e. The maximum atomic E-state index is 14.9. The summed E-state index contributed by atoms with van der Waals surface area (Å²) in [6.45, 7) is 3.49. The number of carbonyl (C=O) groups is 2. The van der Waals surface area contributed by atoms with Crippen LogP contribution in [0.15, 0.2) is 78.9 Å². The first kappa shape index (κ1) is 19.8. The SMILES string of the molecule is CC(=O)N1c2ccccc2[C@@H](N(C(=O)c2ccccc2)c2ccccc2F)C[C@H]1C. The van der Waals surface area contributed by atoms with E-state index in [1.54, 1.807) is 47.4 Å². The van der Waals surface area contributed by atoms with E-state index in [9.17, 15) is 14.0 Å². The van der Waals surface area contributed by atoms with Crippen LogP contribution in [0.2, 0.25) is 0 Å². The molecule has 3 aromatic carbocycles. The maximum absolute atomic E-state index is 14.9. The van der Waals surface area contributed by atoms with Gasteiger partial charge < -0.3 is 4.90 Å². The molecule has 0 fully saturated rings. The maximum Gasteiger partial charge on any atom is 0.258 e. The van der Waals surface area contributed by atoms with Crippen LogP contribution in [0.1, 0.15) is 42.2 Å². The highest BCUT2D eigenvalue weighted by atomic mass is 19.1. The smallest absolute Gasteiger partial charge is 0.258 e. The molecule has 4 nitrogen and oxygen atoms in total. The monoisotopic (exact) mass is 402 g/mol. The average Bonchev–Trinajstić information content (AvgIpc) is 2.75. The topological polar surface area (TPSA) is 40.6 Å². The van der Waals surface area contributed by atoms with E-state index < -0.39 is 11.9 Å². The summed E-state index contributed by atoms with van der Waals surface area (Å²) in [5.41, 5.74) is 2.31. The summed E-state index contributed by atoms with van der Waals surface area (Å²) in [7, 11) is 0. The predicted molar refractivity (Wildman–Crippen MR) is 116 cm³/mol. The molecule has 1 aliphatic rings. The highest BCUT2D eigenvalue weighted by Gasteiger charge is 2.38. The van der Waals surface area contributed by atoms with Gasteiger partial charge in [0.15, 0.2) is 0 Å². The lowest BCUT2D eigenvalue weighted by Crippen LogP contribution is -2.47. The van der Waals surface area contributed by atoms with Crippen molar-refractivity contribution in [2.24, 2.45) is 0 Å². The zero-order valence-electron chi connectivity index (χ0n) is 17.0. The highest BCUT2D eigenvalue weighted by Crippen LogP contribution is 2.43. The summed E-state index contributed by atoms with van der Waals surface area (Å²) in [5.74, 6) is -0.787. The molecule has 0 bridgehead atoms. The van der Waals surface area contributed by atoms with E-state index >= 15 is 0 Å². The van der Waals surface area contributed by atoms with Crippen LogP contribution in [0, 0.1) is 5.82 Å². The molecule has 3 aromatic rings. The Morgan fingerprint density at radius 3 is 2.27 bits per heavy atom.